The molecule has 2 aromatic carbocycles. The lowest BCUT2D eigenvalue weighted by molar-refractivity contribution is -0.122. The zero-order chi connectivity index (χ0) is 21.7. The minimum atomic E-state index is -0.514. The number of hydrogen-bond donors (Lipinski definition) is 3. The van der Waals surface area contributed by atoms with Gasteiger partial charge in [0.05, 0.1) is 17.2 Å². The van der Waals surface area contributed by atoms with Crippen molar-refractivity contribution in [2.75, 3.05) is 6.61 Å². The molecule has 162 valence electrons. The number of para-hydroxylation sites is 1. The summed E-state index contributed by atoms with van der Waals surface area (Å²) >= 11 is 6.20. The van der Waals surface area contributed by atoms with Crippen LogP contribution >= 0.6 is 11.6 Å². The Hall–Kier alpha value is -2.15. The van der Waals surface area contributed by atoms with Crippen LogP contribution in [0.15, 0.2) is 42.5 Å². The summed E-state index contributed by atoms with van der Waals surface area (Å²) < 4.78 is 21.0. The summed E-state index contributed by atoms with van der Waals surface area (Å²) in [7, 11) is 0. The van der Waals surface area contributed by atoms with E-state index in [0.717, 1.165) is 12.8 Å². The van der Waals surface area contributed by atoms with Crippen molar-refractivity contribution >= 4 is 17.5 Å². The van der Waals surface area contributed by atoms with Crippen molar-refractivity contribution in [2.45, 2.75) is 57.2 Å². The average molecular weight is 435 g/mol. The fourth-order valence-electron chi connectivity index (χ4n) is 3.45. The number of hydrogen-bond acceptors (Lipinski definition) is 4. The highest BCUT2D eigenvalue weighted by molar-refractivity contribution is 6.32. The molecule has 0 radical (unpaired) electrons. The molecule has 1 aliphatic carbocycles. The van der Waals surface area contributed by atoms with Crippen LogP contribution in [0.3, 0.4) is 0 Å². The first-order valence-corrected chi connectivity index (χ1v) is 10.6. The Kier molecular flexibility index (Phi) is 7.34. The molecule has 1 saturated carbocycles. The highest BCUT2D eigenvalue weighted by Gasteiger charge is 2.43. The standard InChI is InChI=1S/C23H28ClFN2O3/c1-3-19(26-15(2)13-20(29)27-23(14-28)11-12-23)17-9-10-18(24)22(21(17)25)30-16-7-5-4-6-8-16/h4-10,15,19,26,28H,3,11-14H2,1-2H3,(H,27,29)/t15-,19+/m0/s1. The summed E-state index contributed by atoms with van der Waals surface area (Å²) in [6.07, 6.45) is 2.46. The highest BCUT2D eigenvalue weighted by Crippen LogP contribution is 2.37. The summed E-state index contributed by atoms with van der Waals surface area (Å²) in [5, 5.41) is 15.8. The molecule has 0 saturated heterocycles. The summed E-state index contributed by atoms with van der Waals surface area (Å²) in [4.78, 5) is 12.3. The molecule has 1 fully saturated rings. The summed E-state index contributed by atoms with van der Waals surface area (Å²) in [5.41, 5.74) is 0.00142. The van der Waals surface area contributed by atoms with Crippen LogP contribution in [0.2, 0.25) is 5.02 Å². The van der Waals surface area contributed by atoms with Gasteiger partial charge in [-0.3, -0.25) is 4.79 Å². The number of carbonyl (C=O) groups excluding carboxylic acids is 1. The van der Waals surface area contributed by atoms with Gasteiger partial charge in [0.1, 0.15) is 5.75 Å². The van der Waals surface area contributed by atoms with Gasteiger partial charge in [-0.05, 0) is 44.4 Å². The van der Waals surface area contributed by atoms with Gasteiger partial charge in [-0.25, -0.2) is 4.39 Å². The van der Waals surface area contributed by atoms with Crippen molar-refractivity contribution in [3.63, 3.8) is 0 Å². The smallest absolute Gasteiger partial charge is 0.222 e. The van der Waals surface area contributed by atoms with Crippen LogP contribution < -0.4 is 15.4 Å². The molecule has 30 heavy (non-hydrogen) atoms. The second-order valence-electron chi connectivity index (χ2n) is 7.91. The van der Waals surface area contributed by atoms with Crippen molar-refractivity contribution in [2.24, 2.45) is 0 Å². The number of rotatable bonds is 10. The molecule has 5 nitrogen and oxygen atoms in total. The Bertz CT molecular complexity index is 874. The SMILES string of the molecule is CC[C@@H](N[C@@H](C)CC(=O)NC1(CO)CC1)c1ccc(Cl)c(Oc2ccccc2)c1F. The van der Waals surface area contributed by atoms with Crippen molar-refractivity contribution < 1.29 is 19.0 Å². The first-order valence-electron chi connectivity index (χ1n) is 10.3. The average Bonchev–Trinajstić information content (AvgIpc) is 3.50. The first kappa shape index (κ1) is 22.5. The number of nitrogens with one attached hydrogen (secondary N) is 2. The number of carbonyl (C=O) groups is 1. The lowest BCUT2D eigenvalue weighted by Gasteiger charge is -2.24. The molecule has 0 aliphatic heterocycles. The van der Waals surface area contributed by atoms with Crippen molar-refractivity contribution in [3.05, 3.63) is 58.9 Å². The van der Waals surface area contributed by atoms with Gasteiger partial charge in [0.25, 0.3) is 0 Å². The third-order valence-electron chi connectivity index (χ3n) is 5.36. The molecule has 0 heterocycles. The van der Waals surface area contributed by atoms with Crippen LogP contribution in [0, 0.1) is 5.82 Å². The Balaban J connectivity index is 1.69. The molecule has 0 aromatic heterocycles. The molecule has 3 rings (SSSR count). The van der Waals surface area contributed by atoms with E-state index < -0.39 is 11.4 Å². The molecule has 1 amide bonds. The number of ether oxygens (including phenoxy) is 1. The van der Waals surface area contributed by atoms with Crippen LogP contribution in [-0.2, 0) is 4.79 Å². The number of benzene rings is 2. The maximum Gasteiger partial charge on any atom is 0.222 e. The lowest BCUT2D eigenvalue weighted by Crippen LogP contribution is -2.43. The predicted molar refractivity (Wildman–Crippen MR) is 115 cm³/mol. The van der Waals surface area contributed by atoms with Gasteiger partial charge in [-0.2, -0.15) is 0 Å². The van der Waals surface area contributed by atoms with Crippen molar-refractivity contribution in [1.29, 1.82) is 0 Å². The molecule has 0 bridgehead atoms. The minimum absolute atomic E-state index is 0.00960. The van der Waals surface area contributed by atoms with E-state index in [1.165, 1.54) is 0 Å². The maximum absolute atomic E-state index is 15.3. The van der Waals surface area contributed by atoms with E-state index >= 15 is 4.39 Å². The topological polar surface area (TPSA) is 70.6 Å². The summed E-state index contributed by atoms with van der Waals surface area (Å²) in [5.74, 6) is -0.148. The van der Waals surface area contributed by atoms with Crippen LogP contribution in [-0.4, -0.2) is 29.2 Å². The number of amides is 1. The van der Waals surface area contributed by atoms with E-state index in [0.29, 0.717) is 17.7 Å². The van der Waals surface area contributed by atoms with Crippen molar-refractivity contribution in [1.82, 2.24) is 10.6 Å². The largest absolute Gasteiger partial charge is 0.453 e. The van der Waals surface area contributed by atoms with Gasteiger partial charge in [0.2, 0.25) is 5.91 Å². The first-order chi connectivity index (χ1) is 14.4. The quantitative estimate of drug-likeness (QED) is 0.505. The van der Waals surface area contributed by atoms with Crippen LogP contribution in [0.5, 0.6) is 11.5 Å². The van der Waals surface area contributed by atoms with Crippen LogP contribution in [0.4, 0.5) is 4.39 Å². The fraction of sp³-hybridized carbons (Fsp3) is 0.435. The Labute approximate surface area is 181 Å². The van der Waals surface area contributed by atoms with E-state index in [4.69, 9.17) is 16.3 Å². The third kappa shape index (κ3) is 5.50. The Morgan fingerprint density at radius 1 is 1.27 bits per heavy atom. The molecule has 1 aliphatic rings. The molecule has 7 heteroatoms. The Morgan fingerprint density at radius 3 is 2.57 bits per heavy atom. The number of aliphatic hydroxyl groups excluding tert-OH is 1. The van der Waals surface area contributed by atoms with Gasteiger partial charge < -0.3 is 20.5 Å². The van der Waals surface area contributed by atoms with E-state index in [9.17, 15) is 9.90 Å². The van der Waals surface area contributed by atoms with Crippen molar-refractivity contribution in [3.8, 4) is 11.5 Å². The zero-order valence-corrected chi connectivity index (χ0v) is 18.0. The molecule has 0 spiro atoms. The maximum atomic E-state index is 15.3. The van der Waals surface area contributed by atoms with Gasteiger partial charge in [-0.15, -0.1) is 0 Å². The van der Waals surface area contributed by atoms with Gasteiger partial charge >= 0.3 is 0 Å². The highest BCUT2D eigenvalue weighted by atomic mass is 35.5. The summed E-state index contributed by atoms with van der Waals surface area (Å²) in [6.45, 7) is 3.79. The fourth-order valence-corrected chi connectivity index (χ4v) is 3.63. The normalized spacial score (nSPS) is 16.6. The Morgan fingerprint density at radius 2 is 1.97 bits per heavy atom. The zero-order valence-electron chi connectivity index (χ0n) is 17.3. The third-order valence-corrected chi connectivity index (χ3v) is 5.66. The molecular formula is C23H28ClFN2O3. The van der Waals surface area contributed by atoms with Gasteiger partial charge in [-0.1, -0.05) is 42.8 Å². The van der Waals surface area contributed by atoms with E-state index in [-0.39, 0.29) is 41.8 Å². The van der Waals surface area contributed by atoms with Gasteiger partial charge in [0.15, 0.2) is 11.6 Å². The number of halogens is 2. The summed E-state index contributed by atoms with van der Waals surface area (Å²) in [6, 6.07) is 11.7. The molecule has 2 aromatic rings. The lowest BCUT2D eigenvalue weighted by atomic mass is 10.0. The second kappa shape index (κ2) is 9.77. The van der Waals surface area contributed by atoms with Gasteiger partial charge in [0, 0.05) is 24.1 Å². The monoisotopic (exact) mass is 434 g/mol. The van der Waals surface area contributed by atoms with E-state index in [1.54, 1.807) is 36.4 Å². The second-order valence-corrected chi connectivity index (χ2v) is 8.32. The van der Waals surface area contributed by atoms with E-state index in [2.05, 4.69) is 10.6 Å². The molecule has 3 N–H and O–H groups in total. The molecular weight excluding hydrogens is 407 g/mol. The molecule has 0 unspecified atom stereocenters. The van der Waals surface area contributed by atoms with Crippen LogP contribution in [0.25, 0.3) is 0 Å². The number of aliphatic hydroxyl groups is 1. The molecule has 2 atom stereocenters. The van der Waals surface area contributed by atoms with Crippen LogP contribution in [0.1, 0.15) is 51.1 Å². The predicted octanol–water partition coefficient (Wildman–Crippen LogP) is 4.73. The van der Waals surface area contributed by atoms with E-state index in [1.807, 2.05) is 19.9 Å². The minimum Gasteiger partial charge on any atom is -0.453 e.